The number of hydrogen-bond acceptors (Lipinski definition) is 5. The van der Waals surface area contributed by atoms with Crippen molar-refractivity contribution in [2.75, 3.05) is 12.9 Å². The second-order valence-electron chi connectivity index (χ2n) is 4.81. The lowest BCUT2D eigenvalue weighted by Gasteiger charge is -2.05. The molecule has 0 bridgehead atoms. The molecule has 2 N–H and O–H groups in total. The Kier molecular flexibility index (Phi) is 7.14. The number of halogens is 1. The number of carbonyl (C=O) groups is 1. The van der Waals surface area contributed by atoms with E-state index < -0.39 is 0 Å². The highest BCUT2D eigenvalue weighted by Crippen LogP contribution is 2.27. The number of hydrogen-bond donors (Lipinski definition) is 2. The molecule has 2 rings (SSSR count). The first-order valence-corrected chi connectivity index (χ1v) is 9.05. The molecule has 0 aliphatic carbocycles. The van der Waals surface area contributed by atoms with E-state index in [2.05, 4.69) is 26.5 Å². The maximum absolute atomic E-state index is 11.8. The number of thioether (sulfide) groups is 1. The number of phenols is 1. The fourth-order valence-corrected chi connectivity index (χ4v) is 3.12. The van der Waals surface area contributed by atoms with Gasteiger partial charge in [0.1, 0.15) is 0 Å². The van der Waals surface area contributed by atoms with E-state index in [1.54, 1.807) is 18.2 Å². The maximum Gasteiger partial charge on any atom is 0.250 e. The van der Waals surface area contributed by atoms with Crippen molar-refractivity contribution in [1.29, 1.82) is 0 Å². The molecule has 0 spiro atoms. The lowest BCUT2D eigenvalue weighted by molar-refractivity contribution is -0.118. The summed E-state index contributed by atoms with van der Waals surface area (Å²) in [6.07, 6.45) is 1.38. The van der Waals surface area contributed by atoms with Crippen LogP contribution in [0.5, 0.6) is 11.5 Å². The van der Waals surface area contributed by atoms with Gasteiger partial charge in [0.25, 0.3) is 0 Å². The summed E-state index contributed by atoms with van der Waals surface area (Å²) in [6.45, 7) is 0. The van der Waals surface area contributed by atoms with Crippen LogP contribution in [0.1, 0.15) is 11.1 Å². The first-order chi connectivity index (χ1) is 11.6. The molecule has 0 saturated carbocycles. The Hall–Kier alpha value is -1.99. The largest absolute Gasteiger partial charge is 0.504 e. The van der Waals surface area contributed by atoms with E-state index in [1.165, 1.54) is 25.1 Å². The standard InChI is InChI=1S/C17H17BrN2O3S/c1-23-15-7-3-5-13(17(15)22)9-19-20-16(21)11-24-10-12-4-2-6-14(18)8-12/h2-9,22H,10-11H2,1H3,(H,20,21)/b19-9-. The number of nitrogens with one attached hydrogen (secondary N) is 1. The number of carbonyl (C=O) groups excluding carboxylic acids is 1. The van der Waals surface area contributed by atoms with Crippen LogP contribution in [-0.2, 0) is 10.5 Å². The zero-order valence-electron chi connectivity index (χ0n) is 13.0. The second-order valence-corrected chi connectivity index (χ2v) is 6.72. The third kappa shape index (κ3) is 5.58. The fraction of sp³-hybridized carbons (Fsp3) is 0.176. The van der Waals surface area contributed by atoms with Gasteiger partial charge in [-0.1, -0.05) is 34.1 Å². The normalized spacial score (nSPS) is 10.8. The van der Waals surface area contributed by atoms with Crippen LogP contribution in [0.2, 0.25) is 0 Å². The molecule has 0 atom stereocenters. The number of nitrogens with zero attached hydrogens (tertiary/aromatic N) is 1. The van der Waals surface area contributed by atoms with Gasteiger partial charge < -0.3 is 9.84 Å². The monoisotopic (exact) mass is 408 g/mol. The van der Waals surface area contributed by atoms with Crippen molar-refractivity contribution in [2.24, 2.45) is 5.10 Å². The van der Waals surface area contributed by atoms with Gasteiger partial charge in [-0.05, 0) is 29.8 Å². The molecule has 7 heteroatoms. The molecule has 5 nitrogen and oxygen atoms in total. The molecule has 2 aromatic rings. The van der Waals surface area contributed by atoms with Crippen molar-refractivity contribution in [3.8, 4) is 11.5 Å². The number of para-hydroxylation sites is 1. The van der Waals surface area contributed by atoms with Gasteiger partial charge in [-0.3, -0.25) is 4.79 Å². The summed E-state index contributed by atoms with van der Waals surface area (Å²) in [5.74, 6) is 1.19. The molecule has 0 unspecified atom stereocenters. The van der Waals surface area contributed by atoms with Crippen molar-refractivity contribution in [1.82, 2.24) is 5.43 Å². The SMILES string of the molecule is COc1cccc(/C=N\NC(=O)CSCc2cccc(Br)c2)c1O. The summed E-state index contributed by atoms with van der Waals surface area (Å²) in [5.41, 5.74) is 4.06. The van der Waals surface area contributed by atoms with Crippen molar-refractivity contribution in [3.05, 3.63) is 58.1 Å². The number of aromatic hydroxyl groups is 1. The Bertz CT molecular complexity index is 738. The molecular formula is C17H17BrN2O3S. The number of methoxy groups -OCH3 is 1. The van der Waals surface area contributed by atoms with Crippen LogP contribution in [0.4, 0.5) is 0 Å². The minimum absolute atomic E-state index is 0.0120. The Labute approximate surface area is 153 Å². The van der Waals surface area contributed by atoms with E-state index >= 15 is 0 Å². The van der Waals surface area contributed by atoms with E-state index in [1.807, 2.05) is 24.3 Å². The van der Waals surface area contributed by atoms with Gasteiger partial charge in [-0.2, -0.15) is 5.10 Å². The van der Waals surface area contributed by atoms with E-state index in [4.69, 9.17) is 4.74 Å². The molecule has 0 heterocycles. The lowest BCUT2D eigenvalue weighted by atomic mass is 10.2. The van der Waals surface area contributed by atoms with Gasteiger partial charge in [-0.25, -0.2) is 5.43 Å². The highest BCUT2D eigenvalue weighted by atomic mass is 79.9. The highest BCUT2D eigenvalue weighted by Gasteiger charge is 2.05. The van der Waals surface area contributed by atoms with Crippen LogP contribution in [0, 0.1) is 0 Å². The Morgan fingerprint density at radius 1 is 1.38 bits per heavy atom. The predicted molar refractivity (Wildman–Crippen MR) is 101 cm³/mol. The molecule has 0 saturated heterocycles. The topological polar surface area (TPSA) is 70.9 Å². The number of amides is 1. The highest BCUT2D eigenvalue weighted by molar-refractivity contribution is 9.10. The number of rotatable bonds is 7. The van der Waals surface area contributed by atoms with Crippen molar-refractivity contribution < 1.29 is 14.6 Å². The summed E-state index contributed by atoms with van der Waals surface area (Å²) >= 11 is 4.92. The van der Waals surface area contributed by atoms with Crippen LogP contribution in [0.25, 0.3) is 0 Å². The molecule has 2 aromatic carbocycles. The van der Waals surface area contributed by atoms with E-state index in [0.717, 1.165) is 15.8 Å². The lowest BCUT2D eigenvalue weighted by Crippen LogP contribution is -2.19. The van der Waals surface area contributed by atoms with Gasteiger partial charge in [0.05, 0.1) is 19.1 Å². The van der Waals surface area contributed by atoms with Gasteiger partial charge in [0.2, 0.25) is 5.91 Å². The van der Waals surface area contributed by atoms with Gasteiger partial charge in [-0.15, -0.1) is 11.8 Å². The molecule has 0 fully saturated rings. The molecule has 24 heavy (non-hydrogen) atoms. The van der Waals surface area contributed by atoms with Crippen molar-refractivity contribution >= 4 is 39.8 Å². The molecule has 126 valence electrons. The minimum Gasteiger partial charge on any atom is -0.504 e. The van der Waals surface area contributed by atoms with Crippen LogP contribution >= 0.6 is 27.7 Å². The third-order valence-corrected chi connectivity index (χ3v) is 4.53. The van der Waals surface area contributed by atoms with E-state index in [0.29, 0.717) is 17.1 Å². The summed E-state index contributed by atoms with van der Waals surface area (Å²) in [4.78, 5) is 11.8. The Balaban J connectivity index is 1.79. The first-order valence-electron chi connectivity index (χ1n) is 7.10. The number of hydrazone groups is 1. The van der Waals surface area contributed by atoms with Gasteiger partial charge in [0.15, 0.2) is 11.5 Å². The summed E-state index contributed by atoms with van der Waals surface area (Å²) in [6, 6.07) is 13.0. The quantitative estimate of drug-likeness (QED) is 0.542. The minimum atomic E-state index is -0.200. The summed E-state index contributed by atoms with van der Waals surface area (Å²) in [5, 5.41) is 13.8. The molecule has 0 aliphatic rings. The van der Waals surface area contributed by atoms with E-state index in [-0.39, 0.29) is 11.7 Å². The van der Waals surface area contributed by atoms with Crippen LogP contribution in [0.3, 0.4) is 0 Å². The van der Waals surface area contributed by atoms with Crippen LogP contribution in [-0.4, -0.2) is 30.1 Å². The zero-order valence-corrected chi connectivity index (χ0v) is 15.4. The predicted octanol–water partition coefficient (Wildman–Crippen LogP) is 3.55. The maximum atomic E-state index is 11.8. The molecule has 1 amide bonds. The zero-order chi connectivity index (χ0) is 17.4. The molecular weight excluding hydrogens is 392 g/mol. The third-order valence-electron chi connectivity index (χ3n) is 3.03. The summed E-state index contributed by atoms with van der Waals surface area (Å²) < 4.78 is 6.03. The first kappa shape index (κ1) is 18.4. The van der Waals surface area contributed by atoms with Crippen LogP contribution < -0.4 is 10.2 Å². The number of ether oxygens (including phenoxy) is 1. The number of benzene rings is 2. The average Bonchev–Trinajstić information content (AvgIpc) is 2.56. The molecule has 0 aliphatic heterocycles. The smallest absolute Gasteiger partial charge is 0.250 e. The van der Waals surface area contributed by atoms with Gasteiger partial charge in [0, 0.05) is 15.8 Å². The fourth-order valence-electron chi connectivity index (χ4n) is 1.90. The summed E-state index contributed by atoms with van der Waals surface area (Å²) in [7, 11) is 1.47. The average molecular weight is 409 g/mol. The second kappa shape index (κ2) is 9.34. The Morgan fingerprint density at radius 2 is 2.17 bits per heavy atom. The van der Waals surface area contributed by atoms with Crippen LogP contribution in [0.15, 0.2) is 52.0 Å². The number of phenolic OH excluding ortho intramolecular Hbond substituents is 1. The van der Waals surface area contributed by atoms with Crippen molar-refractivity contribution in [2.45, 2.75) is 5.75 Å². The van der Waals surface area contributed by atoms with Crippen molar-refractivity contribution in [3.63, 3.8) is 0 Å². The molecule has 0 aromatic heterocycles. The molecule has 0 radical (unpaired) electrons. The van der Waals surface area contributed by atoms with Gasteiger partial charge >= 0.3 is 0 Å². The Morgan fingerprint density at radius 3 is 2.92 bits per heavy atom. The van der Waals surface area contributed by atoms with E-state index in [9.17, 15) is 9.90 Å².